The summed E-state index contributed by atoms with van der Waals surface area (Å²) in [5, 5.41) is 13.1. The highest BCUT2D eigenvalue weighted by Crippen LogP contribution is 2.40. The zero-order valence-electron chi connectivity index (χ0n) is 15.6. The molecule has 0 N–H and O–H groups in total. The molecule has 29 heavy (non-hydrogen) atoms. The van der Waals surface area contributed by atoms with Crippen LogP contribution in [0.2, 0.25) is 0 Å². The Morgan fingerprint density at radius 1 is 0.897 bits per heavy atom. The van der Waals surface area contributed by atoms with Crippen molar-refractivity contribution in [2.75, 3.05) is 0 Å². The molecule has 2 aromatic heterocycles. The molecule has 0 amide bonds. The van der Waals surface area contributed by atoms with Gasteiger partial charge >= 0.3 is 0 Å². The van der Waals surface area contributed by atoms with Crippen molar-refractivity contribution in [1.29, 1.82) is 0 Å². The van der Waals surface area contributed by atoms with Crippen LogP contribution in [0.25, 0.3) is 0 Å². The topological polar surface area (TPSA) is 78.1 Å². The van der Waals surface area contributed by atoms with Gasteiger partial charge in [-0.2, -0.15) is 0 Å². The minimum absolute atomic E-state index is 0.318. The van der Waals surface area contributed by atoms with E-state index in [9.17, 15) is 0 Å². The van der Waals surface area contributed by atoms with Crippen molar-refractivity contribution in [2.45, 2.75) is 18.4 Å². The number of aromatic nitrogens is 5. The monoisotopic (exact) mass is 382 g/mol. The molecular formula is C22H18N6O. The molecule has 0 saturated carbocycles. The summed E-state index contributed by atoms with van der Waals surface area (Å²) in [5.74, 6) is 1.37. The lowest BCUT2D eigenvalue weighted by Gasteiger charge is -2.37. The van der Waals surface area contributed by atoms with Crippen LogP contribution in [0.4, 0.5) is 0 Å². The number of rotatable bonds is 4. The third-order valence-corrected chi connectivity index (χ3v) is 5.11. The predicted octanol–water partition coefficient (Wildman–Crippen LogP) is 2.99. The van der Waals surface area contributed by atoms with Gasteiger partial charge in [0.05, 0.1) is 0 Å². The maximum absolute atomic E-state index is 6.31. The lowest BCUT2D eigenvalue weighted by molar-refractivity contribution is 0.255. The molecule has 2 aromatic carbocycles. The fourth-order valence-electron chi connectivity index (χ4n) is 3.72. The van der Waals surface area contributed by atoms with Gasteiger partial charge in [0.1, 0.15) is 24.7 Å². The van der Waals surface area contributed by atoms with E-state index in [-0.39, 0.29) is 0 Å². The molecule has 0 spiro atoms. The van der Waals surface area contributed by atoms with Gasteiger partial charge in [0.25, 0.3) is 0 Å². The van der Waals surface area contributed by atoms with E-state index in [1.165, 1.54) is 6.33 Å². The quantitative estimate of drug-likeness (QED) is 0.542. The first-order valence-electron chi connectivity index (χ1n) is 9.32. The minimum Gasteiger partial charge on any atom is -0.474 e. The van der Waals surface area contributed by atoms with E-state index in [1.54, 1.807) is 23.4 Å². The van der Waals surface area contributed by atoms with Gasteiger partial charge in [-0.15, -0.1) is 15.3 Å². The van der Waals surface area contributed by atoms with E-state index in [2.05, 4.69) is 44.4 Å². The van der Waals surface area contributed by atoms with Gasteiger partial charge < -0.3 is 4.74 Å². The normalized spacial score (nSPS) is 14.7. The molecule has 3 heterocycles. The lowest BCUT2D eigenvalue weighted by atomic mass is 9.71. The largest absolute Gasteiger partial charge is 0.474 e. The van der Waals surface area contributed by atoms with Gasteiger partial charge in [-0.25, -0.2) is 14.6 Å². The Labute approximate surface area is 167 Å². The first kappa shape index (κ1) is 17.2. The van der Waals surface area contributed by atoms with Gasteiger partial charge in [0.2, 0.25) is 5.90 Å². The highest BCUT2D eigenvalue weighted by molar-refractivity contribution is 5.93. The molecule has 1 aliphatic rings. The molecule has 0 radical (unpaired) electrons. The second-order valence-electron chi connectivity index (χ2n) is 6.85. The molecule has 5 rings (SSSR count). The molecule has 0 fully saturated rings. The Balaban J connectivity index is 1.66. The van der Waals surface area contributed by atoms with Crippen LogP contribution in [0.3, 0.4) is 0 Å². The fraction of sp³-hybridized carbons (Fsp3) is 0.136. The molecule has 1 aliphatic heterocycles. The van der Waals surface area contributed by atoms with Crippen LogP contribution in [-0.2, 0) is 23.2 Å². The number of benzene rings is 2. The molecule has 0 atom stereocenters. The molecule has 0 saturated heterocycles. The molecule has 7 heteroatoms. The van der Waals surface area contributed by atoms with E-state index in [0.29, 0.717) is 18.9 Å². The maximum atomic E-state index is 6.31. The molecular weight excluding hydrogens is 364 g/mol. The van der Waals surface area contributed by atoms with E-state index >= 15 is 0 Å². The Kier molecular flexibility index (Phi) is 4.32. The Morgan fingerprint density at radius 3 is 2.21 bits per heavy atom. The molecule has 7 nitrogen and oxygen atoms in total. The van der Waals surface area contributed by atoms with Crippen LogP contribution in [-0.4, -0.2) is 30.7 Å². The zero-order chi connectivity index (χ0) is 19.5. The third-order valence-electron chi connectivity index (χ3n) is 5.11. The molecule has 4 aromatic rings. The van der Waals surface area contributed by atoms with Crippen molar-refractivity contribution in [3.05, 3.63) is 108 Å². The Morgan fingerprint density at radius 2 is 1.55 bits per heavy atom. The Bertz CT molecular complexity index is 1090. The lowest BCUT2D eigenvalue weighted by Crippen LogP contribution is -2.44. The highest BCUT2D eigenvalue weighted by Gasteiger charge is 2.45. The second kappa shape index (κ2) is 7.27. The van der Waals surface area contributed by atoms with Crippen molar-refractivity contribution >= 4 is 5.90 Å². The van der Waals surface area contributed by atoms with Gasteiger partial charge in [0, 0.05) is 24.4 Å². The molecule has 0 bridgehead atoms. The summed E-state index contributed by atoms with van der Waals surface area (Å²) in [6.45, 7) is 0.318. The molecule has 0 aliphatic carbocycles. The molecule has 0 unspecified atom stereocenters. The van der Waals surface area contributed by atoms with E-state index in [0.717, 1.165) is 22.5 Å². The summed E-state index contributed by atoms with van der Waals surface area (Å²) < 4.78 is 8.00. The number of nitrogens with zero attached hydrogens (tertiary/aromatic N) is 6. The minimum atomic E-state index is -0.610. The average molecular weight is 382 g/mol. The first-order valence-corrected chi connectivity index (χ1v) is 9.32. The fourth-order valence-corrected chi connectivity index (χ4v) is 3.72. The van der Waals surface area contributed by atoms with Crippen LogP contribution >= 0.6 is 0 Å². The van der Waals surface area contributed by atoms with Crippen LogP contribution in [0.1, 0.15) is 22.5 Å². The maximum Gasteiger partial charge on any atom is 0.223 e. The number of hydrogen-bond acceptors (Lipinski definition) is 6. The summed E-state index contributed by atoms with van der Waals surface area (Å²) >= 11 is 0. The van der Waals surface area contributed by atoms with Crippen molar-refractivity contribution in [2.24, 2.45) is 5.10 Å². The summed E-state index contributed by atoms with van der Waals surface area (Å²) in [5.41, 5.74) is 2.44. The number of fused-ring (bicyclic) bond motifs is 1. The summed E-state index contributed by atoms with van der Waals surface area (Å²) in [4.78, 5) is 8.15. The standard InChI is InChI=1S/C22H18N6O/c1-3-7-18(8-4-1)22(19-9-5-2-6-10-19)11-20-26-25-16-28(20)27-21(22)29-14-17-12-23-15-24-13-17/h1-10,12-13,15-16H,11,14H2. The first-order chi connectivity index (χ1) is 14.4. The van der Waals surface area contributed by atoms with Gasteiger partial charge in [-0.1, -0.05) is 60.7 Å². The number of ether oxygens (including phenoxy) is 1. The Hall–Kier alpha value is -3.87. The van der Waals surface area contributed by atoms with E-state index in [1.807, 2.05) is 36.4 Å². The van der Waals surface area contributed by atoms with E-state index < -0.39 is 5.41 Å². The second-order valence-corrected chi connectivity index (χ2v) is 6.85. The zero-order valence-corrected chi connectivity index (χ0v) is 15.6. The van der Waals surface area contributed by atoms with Gasteiger partial charge in [-0.05, 0) is 11.1 Å². The summed E-state index contributed by atoms with van der Waals surface area (Å²) in [6.07, 6.45) is 7.18. The summed E-state index contributed by atoms with van der Waals surface area (Å²) in [6, 6.07) is 20.5. The van der Waals surface area contributed by atoms with Crippen LogP contribution < -0.4 is 0 Å². The summed E-state index contributed by atoms with van der Waals surface area (Å²) in [7, 11) is 0. The third kappa shape index (κ3) is 3.06. The number of hydrogen-bond donors (Lipinski definition) is 0. The van der Waals surface area contributed by atoms with Crippen molar-refractivity contribution in [1.82, 2.24) is 24.8 Å². The van der Waals surface area contributed by atoms with Crippen molar-refractivity contribution < 1.29 is 4.74 Å². The van der Waals surface area contributed by atoms with Gasteiger partial charge in [0.15, 0.2) is 5.82 Å². The van der Waals surface area contributed by atoms with Crippen LogP contribution in [0.5, 0.6) is 0 Å². The SMILES string of the molecule is c1ccc(C2(c3ccccc3)Cc3nncn3N=C2OCc2cncnc2)cc1. The predicted molar refractivity (Wildman–Crippen MR) is 107 cm³/mol. The van der Waals surface area contributed by atoms with Crippen LogP contribution in [0, 0.1) is 0 Å². The molecule has 142 valence electrons. The smallest absolute Gasteiger partial charge is 0.223 e. The van der Waals surface area contributed by atoms with E-state index in [4.69, 9.17) is 9.84 Å². The van der Waals surface area contributed by atoms with Crippen molar-refractivity contribution in [3.8, 4) is 0 Å². The highest BCUT2D eigenvalue weighted by atomic mass is 16.5. The van der Waals surface area contributed by atoms with Crippen molar-refractivity contribution in [3.63, 3.8) is 0 Å². The average Bonchev–Trinajstić information content (AvgIpc) is 3.26. The van der Waals surface area contributed by atoms with Gasteiger partial charge in [-0.3, -0.25) is 0 Å². The van der Waals surface area contributed by atoms with Crippen LogP contribution in [0.15, 0.2) is 90.8 Å².